The first-order chi connectivity index (χ1) is 16.1. The van der Waals surface area contributed by atoms with Crippen LogP contribution in [0.4, 0.5) is 5.69 Å². The number of piperidine rings is 1. The monoisotopic (exact) mass is 442 g/mol. The molecule has 1 saturated heterocycles. The van der Waals surface area contributed by atoms with Crippen molar-refractivity contribution >= 4 is 28.3 Å². The number of aromatic nitrogens is 2. The molecule has 8 heteroatoms. The molecule has 1 aliphatic rings. The Hall–Kier alpha value is -4.20. The van der Waals surface area contributed by atoms with Crippen LogP contribution in [0.5, 0.6) is 0 Å². The molecule has 3 aromatic carbocycles. The maximum atomic E-state index is 13.1. The lowest BCUT2D eigenvalue weighted by molar-refractivity contribution is -0.121. The number of rotatable bonds is 4. The molecular formula is C25H22N4O4. The normalized spacial score (nSPS) is 14.4. The molecule has 0 saturated carbocycles. The molecular weight excluding hydrogens is 420 g/mol. The zero-order chi connectivity index (χ0) is 22.8. The number of likely N-dealkylation sites (tertiary alicyclic amines) is 1. The number of anilines is 1. The molecule has 8 nitrogen and oxygen atoms in total. The van der Waals surface area contributed by atoms with E-state index >= 15 is 0 Å². The van der Waals surface area contributed by atoms with Gasteiger partial charge in [-0.25, -0.2) is 4.79 Å². The number of H-pyrrole nitrogens is 1. The summed E-state index contributed by atoms with van der Waals surface area (Å²) in [5.41, 5.74) is 1.93. The van der Waals surface area contributed by atoms with Crippen molar-refractivity contribution in [3.05, 3.63) is 82.8 Å². The third-order valence-electron chi connectivity index (χ3n) is 6.02. The highest BCUT2D eigenvalue weighted by Crippen LogP contribution is 2.25. The van der Waals surface area contributed by atoms with Gasteiger partial charge >= 0.3 is 5.76 Å². The maximum absolute atomic E-state index is 13.1. The van der Waals surface area contributed by atoms with Gasteiger partial charge in [-0.05, 0) is 41.8 Å². The quantitative estimate of drug-likeness (QED) is 0.501. The second kappa shape index (κ2) is 8.74. The van der Waals surface area contributed by atoms with Gasteiger partial charge < -0.3 is 10.2 Å². The van der Waals surface area contributed by atoms with E-state index in [9.17, 15) is 14.4 Å². The summed E-state index contributed by atoms with van der Waals surface area (Å²) in [6.45, 7) is 1.06. The largest absolute Gasteiger partial charge is 0.439 e. The number of benzene rings is 3. The van der Waals surface area contributed by atoms with Crippen LogP contribution in [0.3, 0.4) is 0 Å². The molecule has 2 N–H and O–H groups in total. The summed E-state index contributed by atoms with van der Waals surface area (Å²) < 4.78 is 4.54. The van der Waals surface area contributed by atoms with Crippen molar-refractivity contribution in [3.63, 3.8) is 0 Å². The summed E-state index contributed by atoms with van der Waals surface area (Å²) in [7, 11) is 0. The fourth-order valence-corrected chi connectivity index (χ4v) is 4.27. The van der Waals surface area contributed by atoms with E-state index in [-0.39, 0.29) is 17.7 Å². The van der Waals surface area contributed by atoms with E-state index in [0.717, 1.165) is 10.8 Å². The molecule has 0 aliphatic carbocycles. The molecule has 1 fully saturated rings. The van der Waals surface area contributed by atoms with E-state index in [1.807, 2.05) is 47.4 Å². The summed E-state index contributed by atoms with van der Waals surface area (Å²) in [4.78, 5) is 41.5. The van der Waals surface area contributed by atoms with E-state index < -0.39 is 5.76 Å². The van der Waals surface area contributed by atoms with Crippen LogP contribution in [-0.2, 0) is 4.79 Å². The Morgan fingerprint density at radius 3 is 2.55 bits per heavy atom. The van der Waals surface area contributed by atoms with Crippen molar-refractivity contribution < 1.29 is 14.1 Å². The molecule has 1 aromatic heterocycles. The average molecular weight is 442 g/mol. The number of carbonyl (C=O) groups excluding carboxylic acids is 2. The summed E-state index contributed by atoms with van der Waals surface area (Å²) >= 11 is 0. The maximum Gasteiger partial charge on any atom is 0.439 e. The van der Waals surface area contributed by atoms with Crippen molar-refractivity contribution in [2.45, 2.75) is 12.8 Å². The topological polar surface area (TPSA) is 108 Å². The number of amides is 2. The molecule has 33 heavy (non-hydrogen) atoms. The van der Waals surface area contributed by atoms with Gasteiger partial charge in [0, 0.05) is 35.8 Å². The Kier molecular flexibility index (Phi) is 5.48. The lowest BCUT2D eigenvalue weighted by Gasteiger charge is -2.31. The SMILES string of the molecule is O=C(Nc1cccc(-c2noc(=O)[nH]2)c1)C1CCN(C(=O)c2cccc3ccccc23)CC1. The number of fused-ring (bicyclic) bond motifs is 1. The number of nitrogens with zero attached hydrogens (tertiary/aromatic N) is 2. The Balaban J connectivity index is 1.23. The molecule has 2 amide bonds. The molecule has 1 aliphatic heterocycles. The first-order valence-electron chi connectivity index (χ1n) is 10.8. The summed E-state index contributed by atoms with van der Waals surface area (Å²) in [6.07, 6.45) is 1.19. The molecule has 0 spiro atoms. The zero-order valence-corrected chi connectivity index (χ0v) is 17.8. The number of nitrogens with one attached hydrogen (secondary N) is 2. The third-order valence-corrected chi connectivity index (χ3v) is 6.02. The third kappa shape index (κ3) is 4.27. The second-order valence-electron chi connectivity index (χ2n) is 8.11. The molecule has 166 valence electrons. The standard InChI is InChI=1S/C25H22N4O4/c30-23(26-19-8-3-7-18(15-19)22-27-25(32)33-28-22)17-11-13-29(14-12-17)24(31)21-10-4-6-16-5-1-2-9-20(16)21/h1-10,15,17H,11-14H2,(H,26,30)(H,27,28,32). The first-order valence-corrected chi connectivity index (χ1v) is 10.8. The molecule has 2 heterocycles. The molecule has 0 bridgehead atoms. The zero-order valence-electron chi connectivity index (χ0n) is 17.8. The van der Waals surface area contributed by atoms with Gasteiger partial charge in [0.1, 0.15) is 0 Å². The van der Waals surface area contributed by atoms with Crippen molar-refractivity contribution in [2.75, 3.05) is 18.4 Å². The predicted octanol–water partition coefficient (Wildman–Crippen LogP) is 3.67. The Labute approximate surface area is 189 Å². The van der Waals surface area contributed by atoms with E-state index in [4.69, 9.17) is 0 Å². The van der Waals surface area contributed by atoms with Crippen LogP contribution in [0, 0.1) is 5.92 Å². The number of hydrogen-bond donors (Lipinski definition) is 2. The highest BCUT2D eigenvalue weighted by molar-refractivity contribution is 6.07. The van der Waals surface area contributed by atoms with Crippen LogP contribution < -0.4 is 11.1 Å². The fourth-order valence-electron chi connectivity index (χ4n) is 4.27. The van der Waals surface area contributed by atoms with Gasteiger partial charge in [-0.15, -0.1) is 0 Å². The van der Waals surface area contributed by atoms with Gasteiger partial charge in [0.25, 0.3) is 5.91 Å². The number of aromatic amines is 1. The Morgan fingerprint density at radius 2 is 1.76 bits per heavy atom. The van der Waals surface area contributed by atoms with Crippen molar-refractivity contribution in [2.24, 2.45) is 5.92 Å². The van der Waals surface area contributed by atoms with Gasteiger partial charge in [0.2, 0.25) is 5.91 Å². The van der Waals surface area contributed by atoms with Gasteiger partial charge in [-0.1, -0.05) is 53.7 Å². The number of carbonyl (C=O) groups is 2. The summed E-state index contributed by atoms with van der Waals surface area (Å²) in [5.74, 6) is -0.601. The fraction of sp³-hybridized carbons (Fsp3) is 0.200. The van der Waals surface area contributed by atoms with E-state index in [1.165, 1.54) is 0 Å². The summed E-state index contributed by atoms with van der Waals surface area (Å²) in [6, 6.07) is 20.7. The van der Waals surface area contributed by atoms with Gasteiger partial charge in [0.15, 0.2) is 5.82 Å². The van der Waals surface area contributed by atoms with E-state index in [1.54, 1.807) is 24.3 Å². The molecule has 0 radical (unpaired) electrons. The second-order valence-corrected chi connectivity index (χ2v) is 8.11. The molecule has 4 aromatic rings. The van der Waals surface area contributed by atoms with Gasteiger partial charge in [0.05, 0.1) is 0 Å². The average Bonchev–Trinajstić information content (AvgIpc) is 3.30. The van der Waals surface area contributed by atoms with Crippen LogP contribution in [0.1, 0.15) is 23.2 Å². The van der Waals surface area contributed by atoms with Gasteiger partial charge in [-0.2, -0.15) is 0 Å². The smallest absolute Gasteiger partial charge is 0.339 e. The van der Waals surface area contributed by atoms with E-state index in [0.29, 0.717) is 48.6 Å². The minimum absolute atomic E-state index is 0.0000335. The molecule has 5 rings (SSSR count). The lowest BCUT2D eigenvalue weighted by atomic mass is 9.94. The van der Waals surface area contributed by atoms with Crippen LogP contribution in [0.2, 0.25) is 0 Å². The van der Waals surface area contributed by atoms with Crippen LogP contribution in [0.15, 0.2) is 76.0 Å². The molecule has 0 unspecified atom stereocenters. The van der Waals surface area contributed by atoms with Crippen molar-refractivity contribution in [3.8, 4) is 11.4 Å². The highest BCUT2D eigenvalue weighted by Gasteiger charge is 2.28. The van der Waals surface area contributed by atoms with Crippen LogP contribution >= 0.6 is 0 Å². The molecule has 0 atom stereocenters. The van der Waals surface area contributed by atoms with Crippen molar-refractivity contribution in [1.82, 2.24) is 15.0 Å². The Morgan fingerprint density at radius 1 is 1.00 bits per heavy atom. The van der Waals surface area contributed by atoms with Crippen molar-refractivity contribution in [1.29, 1.82) is 0 Å². The summed E-state index contributed by atoms with van der Waals surface area (Å²) in [5, 5.41) is 8.59. The van der Waals surface area contributed by atoms with Crippen LogP contribution in [-0.4, -0.2) is 39.9 Å². The Bertz CT molecular complexity index is 1380. The lowest BCUT2D eigenvalue weighted by Crippen LogP contribution is -2.41. The number of hydrogen-bond acceptors (Lipinski definition) is 5. The van der Waals surface area contributed by atoms with E-state index in [2.05, 4.69) is 20.0 Å². The highest BCUT2D eigenvalue weighted by atomic mass is 16.5. The predicted molar refractivity (Wildman–Crippen MR) is 124 cm³/mol. The van der Waals surface area contributed by atoms with Crippen LogP contribution in [0.25, 0.3) is 22.2 Å². The first kappa shape index (κ1) is 20.7. The minimum atomic E-state index is -0.635. The van der Waals surface area contributed by atoms with Gasteiger partial charge in [-0.3, -0.25) is 19.1 Å². The minimum Gasteiger partial charge on any atom is -0.339 e.